The van der Waals surface area contributed by atoms with Crippen molar-refractivity contribution in [1.29, 1.82) is 0 Å². The van der Waals surface area contributed by atoms with Crippen molar-refractivity contribution >= 4 is 17.4 Å². The number of methoxy groups -OCH3 is 1. The van der Waals surface area contributed by atoms with E-state index in [-0.39, 0.29) is 6.10 Å². The lowest BCUT2D eigenvalue weighted by Gasteiger charge is -2.35. The third-order valence-electron chi connectivity index (χ3n) is 3.55. The van der Waals surface area contributed by atoms with Gasteiger partial charge in [0.25, 0.3) is 0 Å². The zero-order valence-electron chi connectivity index (χ0n) is 12.5. The Labute approximate surface area is 125 Å². The van der Waals surface area contributed by atoms with Gasteiger partial charge in [0.05, 0.1) is 19.8 Å². The summed E-state index contributed by atoms with van der Waals surface area (Å²) in [5.74, 6) is 1.76. The average molecular weight is 296 g/mol. The number of hydrogen-bond acceptors (Lipinski definition) is 5. The maximum atomic E-state index is 6.01. The molecule has 1 aliphatic heterocycles. The molecule has 1 fully saturated rings. The Bertz CT molecular complexity index is 440. The van der Waals surface area contributed by atoms with Crippen LogP contribution in [-0.2, 0) is 4.74 Å². The number of anilines is 1. The van der Waals surface area contributed by atoms with Gasteiger partial charge < -0.3 is 15.2 Å². The highest BCUT2D eigenvalue weighted by molar-refractivity contribution is 7.99. The molecule has 0 aliphatic carbocycles. The van der Waals surface area contributed by atoms with Crippen LogP contribution in [0.5, 0.6) is 5.75 Å². The van der Waals surface area contributed by atoms with Crippen LogP contribution < -0.4 is 10.5 Å². The summed E-state index contributed by atoms with van der Waals surface area (Å²) in [6, 6.07) is 6.34. The number of nitrogen functional groups attached to an aromatic ring is 1. The SMILES string of the molecule is COc1ccc(N)c(SCC2CN(C(C)C)CCO2)c1. The summed E-state index contributed by atoms with van der Waals surface area (Å²) in [7, 11) is 1.67. The summed E-state index contributed by atoms with van der Waals surface area (Å²) in [4.78, 5) is 3.53. The van der Waals surface area contributed by atoms with E-state index in [1.54, 1.807) is 18.9 Å². The maximum absolute atomic E-state index is 6.01. The minimum atomic E-state index is 0.266. The van der Waals surface area contributed by atoms with Crippen LogP contribution in [0.1, 0.15) is 13.8 Å². The van der Waals surface area contributed by atoms with Gasteiger partial charge in [-0.2, -0.15) is 0 Å². The molecule has 1 unspecified atom stereocenters. The van der Waals surface area contributed by atoms with Gasteiger partial charge in [0.2, 0.25) is 0 Å². The first-order chi connectivity index (χ1) is 9.60. The highest BCUT2D eigenvalue weighted by atomic mass is 32.2. The first-order valence-electron chi connectivity index (χ1n) is 7.02. The number of thioether (sulfide) groups is 1. The Morgan fingerprint density at radius 1 is 1.50 bits per heavy atom. The van der Waals surface area contributed by atoms with E-state index in [4.69, 9.17) is 15.2 Å². The Balaban J connectivity index is 1.91. The Hall–Kier alpha value is -0.910. The fourth-order valence-electron chi connectivity index (χ4n) is 2.26. The van der Waals surface area contributed by atoms with E-state index in [9.17, 15) is 0 Å². The molecule has 1 saturated heterocycles. The summed E-state index contributed by atoms with van der Waals surface area (Å²) in [6.45, 7) is 7.30. The van der Waals surface area contributed by atoms with Crippen LogP contribution in [0.4, 0.5) is 5.69 Å². The van der Waals surface area contributed by atoms with Gasteiger partial charge in [-0.05, 0) is 32.0 Å². The van der Waals surface area contributed by atoms with E-state index in [1.165, 1.54) is 0 Å². The number of nitrogens with zero attached hydrogens (tertiary/aromatic N) is 1. The number of hydrogen-bond donors (Lipinski definition) is 1. The van der Waals surface area contributed by atoms with Crippen LogP contribution in [0.15, 0.2) is 23.1 Å². The topological polar surface area (TPSA) is 47.7 Å². The molecular formula is C15H24N2O2S. The van der Waals surface area contributed by atoms with Crippen molar-refractivity contribution in [2.45, 2.75) is 30.9 Å². The molecule has 1 aromatic rings. The lowest BCUT2D eigenvalue weighted by atomic mass is 10.2. The zero-order chi connectivity index (χ0) is 14.5. The van der Waals surface area contributed by atoms with E-state index < -0.39 is 0 Å². The first kappa shape index (κ1) is 15.5. The van der Waals surface area contributed by atoms with Gasteiger partial charge in [0, 0.05) is 35.5 Å². The molecule has 0 bridgehead atoms. The van der Waals surface area contributed by atoms with Gasteiger partial charge in [-0.3, -0.25) is 4.90 Å². The maximum Gasteiger partial charge on any atom is 0.120 e. The number of nitrogens with two attached hydrogens (primary N) is 1. The standard InChI is InChI=1S/C15H24N2O2S/c1-11(2)17-6-7-19-13(9-17)10-20-15-8-12(18-3)4-5-14(15)16/h4-5,8,11,13H,6-7,9-10,16H2,1-3H3. The van der Waals surface area contributed by atoms with Gasteiger partial charge in [-0.15, -0.1) is 11.8 Å². The van der Waals surface area contributed by atoms with Crippen LogP contribution in [-0.4, -0.2) is 49.6 Å². The minimum absolute atomic E-state index is 0.266. The lowest BCUT2D eigenvalue weighted by molar-refractivity contribution is -0.0265. The second kappa shape index (κ2) is 7.20. The van der Waals surface area contributed by atoms with Crippen LogP contribution in [0.25, 0.3) is 0 Å². The predicted molar refractivity (Wildman–Crippen MR) is 84.6 cm³/mol. The van der Waals surface area contributed by atoms with Crippen LogP contribution in [0.3, 0.4) is 0 Å². The molecule has 112 valence electrons. The van der Waals surface area contributed by atoms with Crippen LogP contribution in [0, 0.1) is 0 Å². The molecule has 1 atom stereocenters. The molecule has 4 nitrogen and oxygen atoms in total. The van der Waals surface area contributed by atoms with Gasteiger partial charge in [0.1, 0.15) is 5.75 Å². The zero-order valence-corrected chi connectivity index (χ0v) is 13.3. The largest absolute Gasteiger partial charge is 0.497 e. The highest BCUT2D eigenvalue weighted by Gasteiger charge is 2.22. The summed E-state index contributed by atoms with van der Waals surface area (Å²) in [6.07, 6.45) is 0.266. The van der Waals surface area contributed by atoms with E-state index in [2.05, 4.69) is 18.7 Å². The fourth-order valence-corrected chi connectivity index (χ4v) is 3.26. The van der Waals surface area contributed by atoms with Crippen molar-refractivity contribution in [2.75, 3.05) is 38.3 Å². The lowest BCUT2D eigenvalue weighted by Crippen LogP contribution is -2.46. The third-order valence-corrected chi connectivity index (χ3v) is 4.75. The molecule has 0 aromatic heterocycles. The van der Waals surface area contributed by atoms with Crippen molar-refractivity contribution in [2.24, 2.45) is 0 Å². The molecule has 0 radical (unpaired) electrons. The molecule has 0 saturated carbocycles. The average Bonchev–Trinajstić information content (AvgIpc) is 2.46. The van der Waals surface area contributed by atoms with Gasteiger partial charge in [0.15, 0.2) is 0 Å². The van der Waals surface area contributed by atoms with Crippen molar-refractivity contribution in [3.05, 3.63) is 18.2 Å². The Kier molecular flexibility index (Phi) is 5.57. The fraction of sp³-hybridized carbons (Fsp3) is 0.600. The molecule has 1 aliphatic rings. The molecular weight excluding hydrogens is 272 g/mol. The summed E-state index contributed by atoms with van der Waals surface area (Å²) >= 11 is 1.74. The molecule has 0 spiro atoms. The quantitative estimate of drug-likeness (QED) is 0.668. The predicted octanol–water partition coefficient (Wildman–Crippen LogP) is 2.48. The molecule has 2 rings (SSSR count). The summed E-state index contributed by atoms with van der Waals surface area (Å²) < 4.78 is 11.1. The first-order valence-corrected chi connectivity index (χ1v) is 8.00. The van der Waals surface area contributed by atoms with Crippen molar-refractivity contribution in [3.8, 4) is 5.75 Å². The second-order valence-corrected chi connectivity index (χ2v) is 6.36. The van der Waals surface area contributed by atoms with E-state index >= 15 is 0 Å². The van der Waals surface area contributed by atoms with E-state index in [0.29, 0.717) is 6.04 Å². The highest BCUT2D eigenvalue weighted by Crippen LogP contribution is 2.30. The van der Waals surface area contributed by atoms with Gasteiger partial charge in [-0.25, -0.2) is 0 Å². The van der Waals surface area contributed by atoms with E-state index in [0.717, 1.165) is 41.8 Å². The molecule has 20 heavy (non-hydrogen) atoms. The number of morpholine rings is 1. The molecule has 1 heterocycles. The number of ether oxygens (including phenoxy) is 2. The second-order valence-electron chi connectivity index (χ2n) is 5.30. The third kappa shape index (κ3) is 4.04. The normalized spacial score (nSPS) is 20.3. The number of benzene rings is 1. The smallest absolute Gasteiger partial charge is 0.120 e. The van der Waals surface area contributed by atoms with Crippen LogP contribution in [0.2, 0.25) is 0 Å². The van der Waals surface area contributed by atoms with Crippen molar-refractivity contribution in [1.82, 2.24) is 4.90 Å². The molecule has 1 aromatic carbocycles. The van der Waals surface area contributed by atoms with Crippen molar-refractivity contribution < 1.29 is 9.47 Å². The minimum Gasteiger partial charge on any atom is -0.497 e. The monoisotopic (exact) mass is 296 g/mol. The number of rotatable bonds is 5. The summed E-state index contributed by atoms with van der Waals surface area (Å²) in [5.41, 5.74) is 6.81. The van der Waals surface area contributed by atoms with Gasteiger partial charge in [-0.1, -0.05) is 0 Å². The van der Waals surface area contributed by atoms with Crippen LogP contribution >= 0.6 is 11.8 Å². The van der Waals surface area contributed by atoms with Crippen molar-refractivity contribution in [3.63, 3.8) is 0 Å². The Morgan fingerprint density at radius 2 is 2.30 bits per heavy atom. The summed E-state index contributed by atoms with van der Waals surface area (Å²) in [5, 5.41) is 0. The molecule has 0 amide bonds. The molecule has 5 heteroatoms. The Morgan fingerprint density at radius 3 is 3.00 bits per heavy atom. The van der Waals surface area contributed by atoms with E-state index in [1.807, 2.05) is 18.2 Å². The molecule has 2 N–H and O–H groups in total. The van der Waals surface area contributed by atoms with Gasteiger partial charge >= 0.3 is 0 Å².